The topological polar surface area (TPSA) is 127 Å². The number of fused-ring (bicyclic) bond motifs is 1. The number of phenols is 1. The fraction of sp³-hybridized carbons (Fsp3) is 0.453. The molecule has 1 aliphatic heterocycles. The van der Waals surface area contributed by atoms with Crippen LogP contribution in [0.5, 0.6) is 11.5 Å². The van der Waals surface area contributed by atoms with Crippen LogP contribution >= 0.6 is 0 Å². The molecule has 7 rings (SSSR count). The average molecular weight is 823 g/mol. The Morgan fingerprint density at radius 3 is 2.46 bits per heavy atom. The van der Waals surface area contributed by atoms with Crippen molar-refractivity contribution in [3.63, 3.8) is 0 Å². The molecule has 8 heteroatoms. The molecule has 8 nitrogen and oxygen atoms in total. The molecule has 0 spiro atoms. The SMILES string of the molecule is CNC1C=CC2CNCCC2C1CC1(CCCC(=O)CC(=O)C=Cc2cc(OC)c(O)cc2Cc2cnc(N)cc2CCc2cccc(CCc3ccccc3)c2)CCCC1. The molecule has 1 aromatic heterocycles. The Kier molecular flexibility index (Phi) is 15.3. The Labute approximate surface area is 363 Å². The summed E-state index contributed by atoms with van der Waals surface area (Å²) in [6.07, 6.45) is 23.6. The molecule has 2 heterocycles. The number of anilines is 1. The number of nitrogens with zero attached hydrogens (tertiary/aromatic N) is 1. The van der Waals surface area contributed by atoms with Crippen molar-refractivity contribution in [3.8, 4) is 11.5 Å². The molecule has 3 aliphatic rings. The number of nitrogens with one attached hydrogen (secondary N) is 2. The van der Waals surface area contributed by atoms with Gasteiger partial charge >= 0.3 is 0 Å². The number of likely N-dealkylation sites (N-methyl/N-ethyl adjacent to an activating group) is 1. The van der Waals surface area contributed by atoms with E-state index in [1.165, 1.54) is 68.4 Å². The summed E-state index contributed by atoms with van der Waals surface area (Å²) < 4.78 is 5.46. The van der Waals surface area contributed by atoms with Crippen molar-refractivity contribution in [1.29, 1.82) is 0 Å². The molecule has 1 saturated carbocycles. The third-order valence-corrected chi connectivity index (χ3v) is 14.0. The first-order valence-corrected chi connectivity index (χ1v) is 22.7. The minimum Gasteiger partial charge on any atom is -0.504 e. The van der Waals surface area contributed by atoms with Crippen LogP contribution in [-0.4, -0.2) is 54.9 Å². The molecule has 0 radical (unpaired) electrons. The molecule has 2 fully saturated rings. The number of aryl methyl sites for hydroxylation is 4. The Balaban J connectivity index is 0.962. The van der Waals surface area contributed by atoms with Crippen LogP contribution in [-0.2, 0) is 41.7 Å². The number of pyridine rings is 1. The van der Waals surface area contributed by atoms with Crippen LogP contribution in [0.1, 0.15) is 103 Å². The first kappa shape index (κ1) is 44.0. The summed E-state index contributed by atoms with van der Waals surface area (Å²) in [4.78, 5) is 31.0. The molecule has 4 atom stereocenters. The molecular weight excluding hydrogens is 757 g/mol. The molecule has 0 amide bonds. The van der Waals surface area contributed by atoms with Gasteiger partial charge in [-0.25, -0.2) is 4.98 Å². The van der Waals surface area contributed by atoms with E-state index in [1.54, 1.807) is 18.2 Å². The number of ketones is 2. The van der Waals surface area contributed by atoms with Gasteiger partial charge in [0.05, 0.1) is 13.5 Å². The van der Waals surface area contributed by atoms with E-state index >= 15 is 0 Å². The van der Waals surface area contributed by atoms with Gasteiger partial charge in [-0.05, 0) is 171 Å². The smallest absolute Gasteiger partial charge is 0.163 e. The van der Waals surface area contributed by atoms with Gasteiger partial charge in [0.15, 0.2) is 17.3 Å². The summed E-state index contributed by atoms with van der Waals surface area (Å²) >= 11 is 0. The number of rotatable bonds is 20. The molecule has 0 bridgehead atoms. The Bertz CT molecular complexity index is 2160. The number of ether oxygens (including phenoxy) is 1. The quantitative estimate of drug-likeness (QED) is 0.0395. The number of benzene rings is 3. The number of piperidine rings is 1. The van der Waals surface area contributed by atoms with Crippen molar-refractivity contribution in [2.45, 2.75) is 102 Å². The van der Waals surface area contributed by atoms with Crippen molar-refractivity contribution in [2.75, 3.05) is 33.0 Å². The zero-order chi connectivity index (χ0) is 42.6. The van der Waals surface area contributed by atoms with Crippen molar-refractivity contribution in [2.24, 2.45) is 23.2 Å². The molecule has 3 aromatic carbocycles. The zero-order valence-corrected chi connectivity index (χ0v) is 36.3. The number of aromatic nitrogens is 1. The number of nitrogen functional groups attached to an aromatic ring is 1. The van der Waals surface area contributed by atoms with Gasteiger partial charge in [-0.1, -0.05) is 85.7 Å². The number of hydrogen-bond donors (Lipinski definition) is 4. The lowest BCUT2D eigenvalue weighted by molar-refractivity contribution is -0.124. The number of nitrogens with two attached hydrogens (primary N) is 1. The van der Waals surface area contributed by atoms with Crippen LogP contribution in [0.4, 0.5) is 5.82 Å². The van der Waals surface area contributed by atoms with Crippen LogP contribution in [0.3, 0.4) is 0 Å². The van der Waals surface area contributed by atoms with E-state index in [2.05, 4.69) is 89.4 Å². The van der Waals surface area contributed by atoms with Gasteiger partial charge in [-0.15, -0.1) is 0 Å². The summed E-state index contributed by atoms with van der Waals surface area (Å²) in [5, 5.41) is 18.1. The summed E-state index contributed by atoms with van der Waals surface area (Å²) in [7, 11) is 3.60. The maximum absolute atomic E-state index is 13.3. The Morgan fingerprint density at radius 1 is 0.934 bits per heavy atom. The molecule has 4 unspecified atom stereocenters. The number of hydrogen-bond acceptors (Lipinski definition) is 8. The van der Waals surface area contributed by atoms with Crippen molar-refractivity contribution < 1.29 is 19.4 Å². The maximum atomic E-state index is 13.3. The zero-order valence-electron chi connectivity index (χ0n) is 36.3. The van der Waals surface area contributed by atoms with Crippen LogP contribution in [0, 0.1) is 23.2 Å². The van der Waals surface area contributed by atoms with E-state index in [4.69, 9.17) is 10.5 Å². The normalized spacial score (nSPS) is 20.8. The van der Waals surface area contributed by atoms with Gasteiger partial charge < -0.3 is 26.2 Å². The number of carbonyl (C=O) groups is 2. The summed E-state index contributed by atoms with van der Waals surface area (Å²) in [5.41, 5.74) is 14.0. The summed E-state index contributed by atoms with van der Waals surface area (Å²) in [6, 6.07) is 25.1. The first-order chi connectivity index (χ1) is 29.7. The summed E-state index contributed by atoms with van der Waals surface area (Å²) in [5.74, 6) is 2.51. The Hall–Kier alpha value is -5.05. The molecule has 1 saturated heterocycles. The number of phenolic OH excluding ortho intramolecular Hbond substituents is 1. The van der Waals surface area contributed by atoms with Gasteiger partial charge in [0, 0.05) is 25.2 Å². The van der Waals surface area contributed by atoms with E-state index in [9.17, 15) is 14.7 Å². The highest BCUT2D eigenvalue weighted by molar-refractivity contribution is 6.06. The van der Waals surface area contributed by atoms with E-state index in [0.29, 0.717) is 48.2 Å². The lowest BCUT2D eigenvalue weighted by Crippen LogP contribution is -2.49. The molecule has 61 heavy (non-hydrogen) atoms. The minimum atomic E-state index is -0.220. The highest BCUT2D eigenvalue weighted by Gasteiger charge is 2.43. The second-order valence-corrected chi connectivity index (χ2v) is 18.0. The fourth-order valence-corrected chi connectivity index (χ4v) is 10.7. The van der Waals surface area contributed by atoms with Crippen molar-refractivity contribution in [1.82, 2.24) is 15.6 Å². The first-order valence-electron chi connectivity index (χ1n) is 22.7. The van der Waals surface area contributed by atoms with Crippen molar-refractivity contribution >= 4 is 23.5 Å². The second kappa shape index (κ2) is 21.2. The van der Waals surface area contributed by atoms with Crippen LogP contribution in [0.15, 0.2) is 97.2 Å². The Morgan fingerprint density at radius 2 is 1.69 bits per heavy atom. The van der Waals surface area contributed by atoms with Crippen molar-refractivity contribution in [3.05, 3.63) is 136 Å². The van der Waals surface area contributed by atoms with Gasteiger partial charge in [-0.3, -0.25) is 9.59 Å². The average Bonchev–Trinajstić information content (AvgIpc) is 3.74. The lowest BCUT2D eigenvalue weighted by Gasteiger charge is -2.46. The van der Waals surface area contributed by atoms with Gasteiger partial charge in [-0.2, -0.15) is 0 Å². The fourth-order valence-electron chi connectivity index (χ4n) is 10.7. The van der Waals surface area contributed by atoms with E-state index in [-0.39, 0.29) is 29.2 Å². The van der Waals surface area contributed by atoms with E-state index in [0.717, 1.165) is 73.9 Å². The monoisotopic (exact) mass is 823 g/mol. The third-order valence-electron chi connectivity index (χ3n) is 14.0. The molecule has 2 aliphatic carbocycles. The van der Waals surface area contributed by atoms with E-state index in [1.807, 2.05) is 12.3 Å². The highest BCUT2D eigenvalue weighted by Crippen LogP contribution is 2.51. The van der Waals surface area contributed by atoms with E-state index < -0.39 is 0 Å². The van der Waals surface area contributed by atoms with Crippen LogP contribution < -0.4 is 21.1 Å². The van der Waals surface area contributed by atoms with Gasteiger partial charge in [0.2, 0.25) is 0 Å². The third kappa shape index (κ3) is 11.9. The number of aromatic hydroxyl groups is 1. The highest BCUT2D eigenvalue weighted by atomic mass is 16.5. The molecule has 5 N–H and O–H groups in total. The van der Waals surface area contributed by atoms with Gasteiger partial charge in [0.1, 0.15) is 11.6 Å². The maximum Gasteiger partial charge on any atom is 0.163 e. The minimum absolute atomic E-state index is 0.00208. The van der Waals surface area contributed by atoms with Crippen LogP contribution in [0.2, 0.25) is 0 Å². The lowest BCUT2D eigenvalue weighted by atomic mass is 9.63. The molecule has 4 aromatic rings. The number of methoxy groups -OCH3 is 1. The number of carbonyl (C=O) groups excluding carboxylic acids is 2. The largest absolute Gasteiger partial charge is 0.504 e. The number of Topliss-reactive ketones (excluding diaryl/α,β-unsaturated/α-hetero) is 1. The molecular formula is C53H66N4O4. The predicted molar refractivity (Wildman–Crippen MR) is 247 cm³/mol. The standard InChI is InChI=1S/C53H66N4O4/c1-55-49-22-20-42-35-56-27-23-47(42)48(49)34-53(24-6-7-25-53)26-9-14-45(58)33-46(59)21-19-40-31-51(61-2)50(60)30-43(40)29-44-36-57-52(54)32-41(44)18-17-39-13-8-12-38(28-39)16-15-37-10-4-3-5-11-37/h3-5,8,10-13,19-22,28,30-32,36,42,47-49,55-56,60H,6-7,9,14-18,23-27,29,33-35H2,1-2H3,(H2,54,57). The second-order valence-electron chi connectivity index (χ2n) is 18.0. The predicted octanol–water partition coefficient (Wildman–Crippen LogP) is 9.20. The number of allylic oxidation sites excluding steroid dienone is 1. The molecule has 322 valence electrons. The van der Waals surface area contributed by atoms with Crippen LogP contribution in [0.25, 0.3) is 6.08 Å². The van der Waals surface area contributed by atoms with Gasteiger partial charge in [0.25, 0.3) is 0 Å². The summed E-state index contributed by atoms with van der Waals surface area (Å²) in [6.45, 7) is 2.17.